The average molecular weight is 330 g/mol. The first-order valence-corrected chi connectivity index (χ1v) is 9.15. The second-order valence-electron chi connectivity index (χ2n) is 7.18. The van der Waals surface area contributed by atoms with Crippen LogP contribution in [0.1, 0.15) is 37.2 Å². The molecule has 1 heteroatoms. The molecule has 3 aromatic rings. The number of halogens is 1. The van der Waals surface area contributed by atoms with Gasteiger partial charge in [0.25, 0.3) is 0 Å². The Morgan fingerprint density at radius 2 is 1.40 bits per heavy atom. The van der Waals surface area contributed by atoms with Gasteiger partial charge in [0, 0.05) is 0 Å². The molecule has 0 nitrogen and oxygen atoms in total. The van der Waals surface area contributed by atoms with E-state index in [-0.39, 0.29) is 5.82 Å². The van der Waals surface area contributed by atoms with E-state index in [1.807, 2.05) is 12.1 Å². The number of benzene rings is 3. The maximum Gasteiger partial charge on any atom is 0.123 e. The zero-order chi connectivity index (χ0) is 17.2. The van der Waals surface area contributed by atoms with Crippen LogP contribution in [0.3, 0.4) is 0 Å². The van der Waals surface area contributed by atoms with E-state index in [4.69, 9.17) is 0 Å². The van der Waals surface area contributed by atoms with Crippen molar-refractivity contribution in [2.75, 3.05) is 0 Å². The molecule has 0 N–H and O–H groups in total. The van der Waals surface area contributed by atoms with E-state index in [9.17, 15) is 4.39 Å². The number of allylic oxidation sites excluding steroid dienone is 1. The van der Waals surface area contributed by atoms with Crippen molar-refractivity contribution in [1.29, 1.82) is 0 Å². The molecule has 1 aliphatic carbocycles. The van der Waals surface area contributed by atoms with Gasteiger partial charge in [0.05, 0.1) is 0 Å². The smallest absolute Gasteiger partial charge is 0.123 e. The third kappa shape index (κ3) is 3.37. The normalized spacial score (nSPS) is 20.5. The summed E-state index contributed by atoms with van der Waals surface area (Å²) in [5.74, 6) is 1.21. The molecule has 0 radical (unpaired) electrons. The molecule has 0 aliphatic heterocycles. The van der Waals surface area contributed by atoms with E-state index in [0.717, 1.165) is 10.8 Å². The summed E-state index contributed by atoms with van der Waals surface area (Å²) in [6.07, 6.45) is 7.16. The highest BCUT2D eigenvalue weighted by Gasteiger charge is 2.20. The molecule has 1 saturated carbocycles. The summed E-state index contributed by atoms with van der Waals surface area (Å²) in [6.45, 7) is 3.93. The van der Waals surface area contributed by atoms with Gasteiger partial charge in [-0.2, -0.15) is 0 Å². The molecule has 3 aromatic carbocycles. The van der Waals surface area contributed by atoms with Crippen molar-refractivity contribution in [3.8, 4) is 11.1 Å². The summed E-state index contributed by atoms with van der Waals surface area (Å²) in [5.41, 5.74) is 3.85. The molecule has 1 fully saturated rings. The van der Waals surface area contributed by atoms with Crippen LogP contribution in [0.5, 0.6) is 0 Å². The topological polar surface area (TPSA) is 0 Å². The highest BCUT2D eigenvalue weighted by atomic mass is 19.1. The van der Waals surface area contributed by atoms with Crippen molar-refractivity contribution in [3.05, 3.63) is 84.7 Å². The first kappa shape index (κ1) is 16.1. The van der Waals surface area contributed by atoms with Gasteiger partial charge in [-0.15, -0.1) is 6.58 Å². The quantitative estimate of drug-likeness (QED) is 0.449. The zero-order valence-electron chi connectivity index (χ0n) is 14.4. The van der Waals surface area contributed by atoms with Crippen LogP contribution in [0.25, 0.3) is 21.9 Å². The van der Waals surface area contributed by atoms with Crippen LogP contribution in [0.2, 0.25) is 0 Å². The Balaban J connectivity index is 1.56. The van der Waals surface area contributed by atoms with Crippen molar-refractivity contribution in [1.82, 2.24) is 0 Å². The Kier molecular flexibility index (Phi) is 4.40. The molecule has 0 unspecified atom stereocenters. The Morgan fingerprint density at radius 3 is 2.12 bits per heavy atom. The monoisotopic (exact) mass is 330 g/mol. The van der Waals surface area contributed by atoms with Gasteiger partial charge >= 0.3 is 0 Å². The Labute approximate surface area is 149 Å². The molecule has 0 bridgehead atoms. The van der Waals surface area contributed by atoms with Crippen LogP contribution < -0.4 is 0 Å². The third-order valence-electron chi connectivity index (χ3n) is 5.62. The van der Waals surface area contributed by atoms with Crippen LogP contribution in [0, 0.1) is 11.7 Å². The standard InChI is InChI=1S/C24H23F/c1-2-17-3-5-18(6-4-17)19-7-9-20(10-8-19)21-11-12-23-16-24(25)14-13-22(23)15-21/h2,7-18H,1,3-6H2. The van der Waals surface area contributed by atoms with Crippen LogP contribution in [0.4, 0.5) is 4.39 Å². The van der Waals surface area contributed by atoms with Crippen molar-refractivity contribution in [3.63, 3.8) is 0 Å². The largest absolute Gasteiger partial charge is 0.207 e. The first-order chi connectivity index (χ1) is 12.2. The summed E-state index contributed by atoms with van der Waals surface area (Å²) < 4.78 is 13.3. The first-order valence-electron chi connectivity index (χ1n) is 9.15. The molecule has 126 valence electrons. The lowest BCUT2D eigenvalue weighted by Gasteiger charge is -2.27. The van der Waals surface area contributed by atoms with Crippen LogP contribution in [0.15, 0.2) is 73.3 Å². The van der Waals surface area contributed by atoms with Crippen molar-refractivity contribution >= 4 is 10.8 Å². The van der Waals surface area contributed by atoms with E-state index >= 15 is 0 Å². The highest BCUT2D eigenvalue weighted by Crippen LogP contribution is 2.37. The molecule has 0 spiro atoms. The van der Waals surface area contributed by atoms with Gasteiger partial charge in [-0.1, -0.05) is 48.5 Å². The lowest BCUT2D eigenvalue weighted by Crippen LogP contribution is -2.11. The van der Waals surface area contributed by atoms with Gasteiger partial charge in [0.1, 0.15) is 5.82 Å². The number of hydrogen-bond donors (Lipinski definition) is 0. The SMILES string of the molecule is C=CC1CCC(c2ccc(-c3ccc4cc(F)ccc4c3)cc2)CC1. The zero-order valence-corrected chi connectivity index (χ0v) is 14.4. The highest BCUT2D eigenvalue weighted by molar-refractivity contribution is 5.87. The van der Waals surface area contributed by atoms with E-state index in [1.165, 1.54) is 48.4 Å². The summed E-state index contributed by atoms with van der Waals surface area (Å²) in [5, 5.41) is 2.02. The molecule has 0 heterocycles. The molecular formula is C24H23F. The van der Waals surface area contributed by atoms with E-state index in [2.05, 4.69) is 49.1 Å². The lowest BCUT2D eigenvalue weighted by atomic mass is 9.78. The molecule has 4 rings (SSSR count). The maximum atomic E-state index is 13.3. The fourth-order valence-electron chi connectivity index (χ4n) is 4.03. The fraction of sp³-hybridized carbons (Fsp3) is 0.250. The van der Waals surface area contributed by atoms with Crippen LogP contribution >= 0.6 is 0 Å². The Morgan fingerprint density at radius 1 is 0.760 bits per heavy atom. The molecule has 0 saturated heterocycles. The fourth-order valence-corrected chi connectivity index (χ4v) is 4.03. The van der Waals surface area contributed by atoms with Crippen molar-refractivity contribution in [2.24, 2.45) is 5.92 Å². The maximum absolute atomic E-state index is 13.3. The van der Waals surface area contributed by atoms with Gasteiger partial charge in [0.15, 0.2) is 0 Å². The predicted molar refractivity (Wildman–Crippen MR) is 104 cm³/mol. The number of rotatable bonds is 3. The molecule has 0 atom stereocenters. The molecular weight excluding hydrogens is 307 g/mol. The summed E-state index contributed by atoms with van der Waals surface area (Å²) >= 11 is 0. The number of fused-ring (bicyclic) bond motifs is 1. The molecule has 0 amide bonds. The van der Waals surface area contributed by atoms with Gasteiger partial charge < -0.3 is 0 Å². The van der Waals surface area contributed by atoms with Gasteiger partial charge in [-0.3, -0.25) is 0 Å². The van der Waals surface area contributed by atoms with E-state index < -0.39 is 0 Å². The van der Waals surface area contributed by atoms with Crippen LogP contribution in [-0.2, 0) is 0 Å². The molecule has 25 heavy (non-hydrogen) atoms. The average Bonchev–Trinajstić information content (AvgIpc) is 2.68. The van der Waals surface area contributed by atoms with Gasteiger partial charge in [-0.05, 0) is 83.2 Å². The summed E-state index contributed by atoms with van der Waals surface area (Å²) in [7, 11) is 0. The Bertz CT molecular complexity index is 884. The Hall–Kier alpha value is -2.41. The summed E-state index contributed by atoms with van der Waals surface area (Å²) in [4.78, 5) is 0. The molecule has 0 aromatic heterocycles. The van der Waals surface area contributed by atoms with Gasteiger partial charge in [-0.25, -0.2) is 4.39 Å². The lowest BCUT2D eigenvalue weighted by molar-refractivity contribution is 0.376. The molecule has 1 aliphatic rings. The second-order valence-corrected chi connectivity index (χ2v) is 7.18. The second kappa shape index (κ2) is 6.84. The van der Waals surface area contributed by atoms with E-state index in [1.54, 1.807) is 6.07 Å². The third-order valence-corrected chi connectivity index (χ3v) is 5.62. The minimum atomic E-state index is -0.184. The minimum Gasteiger partial charge on any atom is -0.207 e. The van der Waals surface area contributed by atoms with Gasteiger partial charge in [0.2, 0.25) is 0 Å². The van der Waals surface area contributed by atoms with E-state index in [0.29, 0.717) is 11.8 Å². The van der Waals surface area contributed by atoms with Crippen molar-refractivity contribution < 1.29 is 4.39 Å². The summed E-state index contributed by atoms with van der Waals surface area (Å²) in [6, 6.07) is 20.2. The predicted octanol–water partition coefficient (Wildman–Crippen LogP) is 7.11. The number of hydrogen-bond acceptors (Lipinski definition) is 0. The van der Waals surface area contributed by atoms with Crippen LogP contribution in [-0.4, -0.2) is 0 Å². The minimum absolute atomic E-state index is 0.184. The van der Waals surface area contributed by atoms with Crippen molar-refractivity contribution in [2.45, 2.75) is 31.6 Å².